The summed E-state index contributed by atoms with van der Waals surface area (Å²) >= 11 is 0. The Morgan fingerprint density at radius 3 is 2.26 bits per heavy atom. The van der Waals surface area contributed by atoms with E-state index < -0.39 is 45.1 Å². The molecule has 0 radical (unpaired) electrons. The molecule has 0 spiro atoms. The summed E-state index contributed by atoms with van der Waals surface area (Å²) in [5.41, 5.74) is 9.66. The molecule has 10 nitrogen and oxygen atoms in total. The van der Waals surface area contributed by atoms with Gasteiger partial charge in [-0.3, -0.25) is 14.4 Å². The zero-order valence-corrected chi connectivity index (χ0v) is 32.2. The van der Waals surface area contributed by atoms with E-state index >= 15 is 0 Å². The summed E-state index contributed by atoms with van der Waals surface area (Å²) in [5, 5.41) is 11.0. The van der Waals surface area contributed by atoms with Crippen LogP contribution >= 0.6 is 0 Å². The van der Waals surface area contributed by atoms with Crippen LogP contribution in [0.5, 0.6) is 0 Å². The van der Waals surface area contributed by atoms with Gasteiger partial charge in [-0.05, 0) is 112 Å². The maximum atomic E-state index is 14.9. The van der Waals surface area contributed by atoms with E-state index in [2.05, 4.69) is 46.4 Å². The lowest BCUT2D eigenvalue weighted by Gasteiger charge is -2.70. The van der Waals surface area contributed by atoms with Gasteiger partial charge in [-0.1, -0.05) is 54.0 Å². The summed E-state index contributed by atoms with van der Waals surface area (Å²) in [5.74, 6) is -1.45. The molecule has 10 heteroatoms. The summed E-state index contributed by atoms with van der Waals surface area (Å²) < 4.78 is 19.5. The fourth-order valence-electron chi connectivity index (χ4n) is 12.3. The molecule has 0 amide bonds. The van der Waals surface area contributed by atoms with Crippen LogP contribution in [0.1, 0.15) is 100 Å². The van der Waals surface area contributed by atoms with Crippen molar-refractivity contribution in [2.45, 2.75) is 113 Å². The lowest BCUT2D eigenvalue weighted by atomic mass is 9.34. The molecule has 1 heterocycles. The first-order chi connectivity index (χ1) is 23.5. The van der Waals surface area contributed by atoms with Gasteiger partial charge in [0, 0.05) is 29.7 Å². The zero-order chi connectivity index (χ0) is 36.9. The highest BCUT2D eigenvalue weighted by molar-refractivity contribution is 6.00. The molecule has 3 saturated carbocycles. The van der Waals surface area contributed by atoms with Crippen LogP contribution in [0.2, 0.25) is 0 Å². The van der Waals surface area contributed by atoms with Crippen LogP contribution in [0.15, 0.2) is 11.6 Å². The molecule has 0 aromatic carbocycles. The van der Waals surface area contributed by atoms with Crippen molar-refractivity contribution < 1.29 is 33.7 Å². The van der Waals surface area contributed by atoms with Gasteiger partial charge in [0.05, 0.1) is 25.7 Å². The van der Waals surface area contributed by atoms with Gasteiger partial charge in [-0.15, -0.1) is 0 Å². The first kappa shape index (κ1) is 39.4. The predicted molar refractivity (Wildman–Crippen MR) is 193 cm³/mol. The maximum absolute atomic E-state index is 14.9. The third-order valence-electron chi connectivity index (χ3n) is 15.3. The van der Waals surface area contributed by atoms with Crippen molar-refractivity contribution in [3.8, 4) is 0 Å². The molecule has 11 atom stereocenters. The van der Waals surface area contributed by atoms with Crippen molar-refractivity contribution in [1.29, 1.82) is 0 Å². The Kier molecular flexibility index (Phi) is 11.4. The van der Waals surface area contributed by atoms with Crippen molar-refractivity contribution in [1.82, 2.24) is 4.90 Å². The van der Waals surface area contributed by atoms with Gasteiger partial charge in [0.2, 0.25) is 0 Å². The number of carboxylic acid groups (broad SMARTS) is 1. The number of allylic oxidation sites excluding steroid dienone is 1. The molecule has 5 N–H and O–H groups in total. The minimum absolute atomic E-state index is 0.0299. The van der Waals surface area contributed by atoms with E-state index in [0.29, 0.717) is 45.2 Å². The number of esters is 1. The van der Waals surface area contributed by atoms with Gasteiger partial charge < -0.3 is 35.7 Å². The summed E-state index contributed by atoms with van der Waals surface area (Å²) in [7, 11) is 0. The van der Waals surface area contributed by atoms with E-state index in [0.717, 1.165) is 63.7 Å². The number of aliphatic carboxylic acids is 1. The van der Waals surface area contributed by atoms with Crippen LogP contribution in [0.3, 0.4) is 0 Å². The second kappa shape index (κ2) is 14.5. The largest absolute Gasteiger partial charge is 0.481 e. The lowest BCUT2D eigenvalue weighted by molar-refractivity contribution is -0.266. The van der Waals surface area contributed by atoms with E-state index in [1.54, 1.807) is 0 Å². The van der Waals surface area contributed by atoms with Gasteiger partial charge >= 0.3 is 11.9 Å². The predicted octanol–water partition coefficient (Wildman–Crippen LogP) is 5.07. The van der Waals surface area contributed by atoms with E-state index in [9.17, 15) is 19.5 Å². The molecule has 5 aliphatic rings. The van der Waals surface area contributed by atoms with Crippen LogP contribution in [0, 0.1) is 56.7 Å². The number of fused-ring (bicyclic) bond motifs is 3. The fourth-order valence-corrected chi connectivity index (χ4v) is 12.3. The third kappa shape index (κ3) is 6.10. The fraction of sp³-hybridized carbons (Fsp3) is 0.875. The average Bonchev–Trinajstić information content (AvgIpc) is 3.04. The summed E-state index contributed by atoms with van der Waals surface area (Å²) in [6.45, 7) is 21.6. The number of nitrogens with two attached hydrogens (primary N) is 2. The summed E-state index contributed by atoms with van der Waals surface area (Å²) in [6.07, 6.45) is 6.67. The highest BCUT2D eigenvalue weighted by Gasteiger charge is 2.74. The van der Waals surface area contributed by atoms with Crippen LogP contribution in [-0.2, 0) is 28.6 Å². The highest BCUT2D eigenvalue weighted by Crippen LogP contribution is 2.74. The number of rotatable bonds is 14. The molecule has 50 heavy (non-hydrogen) atoms. The highest BCUT2D eigenvalue weighted by atomic mass is 16.6. The molecule has 1 saturated heterocycles. The second-order valence-electron chi connectivity index (χ2n) is 18.0. The Morgan fingerprint density at radius 1 is 1.02 bits per heavy atom. The Balaban J connectivity index is 1.52. The third-order valence-corrected chi connectivity index (χ3v) is 15.3. The number of hydrogen-bond acceptors (Lipinski definition) is 9. The molecular formula is C40H67N3O7. The summed E-state index contributed by atoms with van der Waals surface area (Å²) in [6, 6.07) is 0. The summed E-state index contributed by atoms with van der Waals surface area (Å²) in [4.78, 5) is 43.3. The van der Waals surface area contributed by atoms with Crippen LogP contribution in [-0.4, -0.2) is 92.5 Å². The van der Waals surface area contributed by atoms with E-state index in [4.69, 9.17) is 25.7 Å². The van der Waals surface area contributed by atoms with Gasteiger partial charge in [0.1, 0.15) is 12.2 Å². The molecule has 284 valence electrons. The molecule has 2 bridgehead atoms. The normalized spacial score (nSPS) is 41.6. The standard InChI is InChI=1S/C40H67N3O7/c1-25(2)26(3)36(5)13-14-38(7)28-11-12-31-37(6)23-48-24-40(31,29(28)21-32(45)39(38,8)33(36)35(46)47)22-30(50-27(4)44)34(37)49-20-19-43(17-9-15-41)18-10-16-42/h21,25-26,28,30-31,33-34H,9-20,22-24,41-42H2,1-8H3,(H,46,47)/t26-,28+,30-,31+,33-,34+,36-,37+,38-,39+,40+/m1/s1. The maximum Gasteiger partial charge on any atom is 0.308 e. The quantitative estimate of drug-likeness (QED) is 0.209. The van der Waals surface area contributed by atoms with Crippen molar-refractivity contribution in [3.63, 3.8) is 0 Å². The second-order valence-corrected chi connectivity index (χ2v) is 18.0. The minimum Gasteiger partial charge on any atom is -0.481 e. The minimum atomic E-state index is -1.05. The van der Waals surface area contributed by atoms with E-state index in [-0.39, 0.29) is 35.6 Å². The van der Waals surface area contributed by atoms with Crippen LogP contribution in [0.4, 0.5) is 0 Å². The molecule has 0 aromatic rings. The first-order valence-electron chi connectivity index (χ1n) is 19.5. The van der Waals surface area contributed by atoms with Crippen LogP contribution < -0.4 is 11.5 Å². The molecule has 4 aliphatic carbocycles. The number of ketones is 1. The topological polar surface area (TPSA) is 154 Å². The number of ether oxygens (including phenoxy) is 3. The Morgan fingerprint density at radius 2 is 1.68 bits per heavy atom. The molecule has 5 rings (SSSR count). The Hall–Kier alpha value is -1.85. The number of carbonyl (C=O) groups is 3. The molecular weight excluding hydrogens is 634 g/mol. The average molecular weight is 702 g/mol. The van der Waals surface area contributed by atoms with Crippen molar-refractivity contribution in [2.75, 3.05) is 52.5 Å². The molecule has 1 aliphatic heterocycles. The van der Waals surface area contributed by atoms with Crippen molar-refractivity contribution in [2.24, 2.45) is 68.1 Å². The molecule has 0 aromatic heterocycles. The van der Waals surface area contributed by atoms with Crippen molar-refractivity contribution >= 4 is 17.7 Å². The number of carboxylic acids is 1. The molecule has 4 fully saturated rings. The van der Waals surface area contributed by atoms with Gasteiger partial charge in [-0.2, -0.15) is 0 Å². The zero-order valence-electron chi connectivity index (χ0n) is 32.2. The van der Waals surface area contributed by atoms with Gasteiger partial charge in [-0.25, -0.2) is 0 Å². The lowest BCUT2D eigenvalue weighted by Crippen LogP contribution is -2.71. The number of nitrogens with zero attached hydrogens (tertiary/aromatic N) is 1. The Labute approximate surface area is 300 Å². The van der Waals surface area contributed by atoms with E-state index in [1.807, 2.05) is 13.0 Å². The van der Waals surface area contributed by atoms with Crippen LogP contribution in [0.25, 0.3) is 0 Å². The van der Waals surface area contributed by atoms with Gasteiger partial charge in [0.25, 0.3) is 0 Å². The monoisotopic (exact) mass is 701 g/mol. The Bertz CT molecular complexity index is 1310. The first-order valence-corrected chi connectivity index (χ1v) is 19.5. The smallest absolute Gasteiger partial charge is 0.308 e. The van der Waals surface area contributed by atoms with Crippen molar-refractivity contribution in [3.05, 3.63) is 11.6 Å². The van der Waals surface area contributed by atoms with E-state index in [1.165, 1.54) is 6.92 Å². The number of carbonyl (C=O) groups excluding carboxylic acids is 2. The number of hydrogen-bond donors (Lipinski definition) is 3. The SMILES string of the molecule is CC(=O)O[C@@H]1C[C@@]23COC[C@@](C)([C@@H]2CC[C@H]2C3=CC(=O)[C@@]3(C)[C@H](C(=O)O)[C@@](C)([C@H](C)C(C)C)CC[C@]23C)[C@H]1OCCN(CCCN)CCCN. The van der Waals surface area contributed by atoms with Gasteiger partial charge in [0.15, 0.2) is 5.78 Å². The molecule has 0 unspecified atom stereocenters.